The highest BCUT2D eigenvalue weighted by molar-refractivity contribution is 7.99. The van der Waals surface area contributed by atoms with Crippen molar-refractivity contribution in [1.82, 2.24) is 0 Å². The Morgan fingerprint density at radius 3 is 2.17 bits per heavy atom. The zero-order chi connectivity index (χ0) is 5.21. The van der Waals surface area contributed by atoms with Gasteiger partial charge in [0.25, 0.3) is 0 Å². The van der Waals surface area contributed by atoms with E-state index in [1.807, 2.05) is 0 Å². The van der Waals surface area contributed by atoms with Crippen molar-refractivity contribution in [3.63, 3.8) is 0 Å². The molecule has 36 valence electrons. The zero-order valence-corrected chi connectivity index (χ0v) is 3.96. The maximum absolute atomic E-state index is 9.60. The van der Waals surface area contributed by atoms with Gasteiger partial charge in [0, 0.05) is 10.4 Å². The van der Waals surface area contributed by atoms with Crippen LogP contribution in [0.5, 0.6) is 0 Å². The summed E-state index contributed by atoms with van der Waals surface area (Å²) in [4.78, 5) is 0. The standard InChI is InChI=1S/C2H5NO2S/c1-2-6(3,4)5/h1-2H2,(H-2,3,4,5). The Morgan fingerprint density at radius 2 is 2.17 bits per heavy atom. The Labute approximate surface area is 37.9 Å². The third-order valence-electron chi connectivity index (χ3n) is 0.269. The minimum atomic E-state index is -3.52. The first kappa shape index (κ1) is 5.94. The molecule has 1 N–H and O–H groups in total. The van der Waals surface area contributed by atoms with Crippen molar-refractivity contribution in [2.75, 3.05) is 5.75 Å². The lowest BCUT2D eigenvalue weighted by atomic mass is 11.0. The lowest BCUT2D eigenvalue weighted by Gasteiger charge is -2.08. The van der Waals surface area contributed by atoms with E-state index in [2.05, 4.69) is 6.92 Å². The molecule has 0 radical (unpaired) electrons. The number of hydrogen-bond acceptors (Lipinski definition) is 2. The minimum absolute atomic E-state index is 0.340. The smallest absolute Gasteiger partial charge is 0.224 e. The van der Waals surface area contributed by atoms with Crippen LogP contribution in [0.15, 0.2) is 0 Å². The second-order valence-electron chi connectivity index (χ2n) is 0.819. The first-order valence-electron chi connectivity index (χ1n) is 1.33. The maximum Gasteiger partial charge on any atom is 0.224 e. The Kier molecular flexibility index (Phi) is 1.58. The van der Waals surface area contributed by atoms with E-state index in [9.17, 15) is 8.76 Å². The van der Waals surface area contributed by atoms with Crippen molar-refractivity contribution < 1.29 is 8.76 Å². The van der Waals surface area contributed by atoms with Gasteiger partial charge in [-0.05, 0) is 0 Å². The average Bonchev–Trinajstić information content (AvgIpc) is 1.35. The van der Waals surface area contributed by atoms with E-state index >= 15 is 0 Å². The predicted molar refractivity (Wildman–Crippen MR) is 23.4 cm³/mol. The van der Waals surface area contributed by atoms with Gasteiger partial charge in [-0.25, -0.2) is 0 Å². The van der Waals surface area contributed by atoms with Crippen LogP contribution in [0.2, 0.25) is 0 Å². The number of nitrogens with one attached hydrogen (secondary N) is 1. The topological polar surface area (TPSA) is 63.9 Å². The molecule has 0 spiro atoms. The van der Waals surface area contributed by atoms with E-state index < -0.39 is 10.4 Å². The van der Waals surface area contributed by atoms with Crippen molar-refractivity contribution in [1.29, 1.82) is 0 Å². The summed E-state index contributed by atoms with van der Waals surface area (Å²) in [5.74, 6) is -0.340. The number of hydrogen-bond donors (Lipinski definition) is 0. The van der Waals surface area contributed by atoms with Crippen molar-refractivity contribution >= 4 is 10.4 Å². The molecule has 1 atom stereocenters. The van der Waals surface area contributed by atoms with E-state index in [1.54, 1.807) is 0 Å². The van der Waals surface area contributed by atoms with Gasteiger partial charge in [-0.15, -0.1) is 4.21 Å². The first-order valence-corrected chi connectivity index (χ1v) is 2.98. The SMILES string of the molecule is [CH2+]C[S+]([NH-])(=O)[O-]. The molecule has 0 rings (SSSR count). The van der Waals surface area contributed by atoms with Crippen LogP contribution in [0.1, 0.15) is 0 Å². The first-order chi connectivity index (χ1) is 2.56. The van der Waals surface area contributed by atoms with E-state index in [-0.39, 0.29) is 5.75 Å². The molecule has 0 fully saturated rings. The van der Waals surface area contributed by atoms with Gasteiger partial charge in [-0.2, -0.15) is 0 Å². The summed E-state index contributed by atoms with van der Waals surface area (Å²) in [6.45, 7) is 2.98. The summed E-state index contributed by atoms with van der Waals surface area (Å²) in [5.41, 5.74) is 0. The van der Waals surface area contributed by atoms with Crippen molar-refractivity contribution in [3.8, 4) is 0 Å². The van der Waals surface area contributed by atoms with Gasteiger partial charge in [0.05, 0.1) is 0 Å². The summed E-state index contributed by atoms with van der Waals surface area (Å²) < 4.78 is 19.2. The Morgan fingerprint density at radius 1 is 2.00 bits per heavy atom. The Hall–Kier alpha value is -0.0600. The summed E-state index contributed by atoms with van der Waals surface area (Å²) in [5, 5.41) is 6.09. The highest BCUT2D eigenvalue weighted by Crippen LogP contribution is 1.93. The van der Waals surface area contributed by atoms with E-state index in [0.717, 1.165) is 0 Å². The molecule has 1 unspecified atom stereocenters. The maximum atomic E-state index is 9.60. The van der Waals surface area contributed by atoms with Crippen molar-refractivity contribution in [3.05, 3.63) is 12.1 Å². The van der Waals surface area contributed by atoms with Gasteiger partial charge in [0.15, 0.2) is 0 Å². The summed E-state index contributed by atoms with van der Waals surface area (Å²) >= 11 is 0. The van der Waals surface area contributed by atoms with E-state index in [0.29, 0.717) is 0 Å². The molecule has 6 heavy (non-hydrogen) atoms. The van der Waals surface area contributed by atoms with Crippen LogP contribution in [-0.4, -0.2) is 10.3 Å². The number of sulfonamides is 1. The average molecular weight is 107 g/mol. The van der Waals surface area contributed by atoms with E-state index in [4.69, 9.17) is 5.14 Å². The molecular formula is C2H5NO2S. The molecule has 0 aromatic heterocycles. The van der Waals surface area contributed by atoms with Crippen LogP contribution in [0.25, 0.3) is 5.14 Å². The molecular weight excluding hydrogens is 102 g/mol. The lowest BCUT2D eigenvalue weighted by Crippen LogP contribution is -2.03. The second kappa shape index (κ2) is 1.59. The predicted octanol–water partition coefficient (Wildman–Crippen LogP) is 0.418. The molecule has 0 aliphatic carbocycles. The van der Waals surface area contributed by atoms with Crippen LogP contribution in [0, 0.1) is 6.92 Å². The Bertz CT molecular complexity index is 75.6. The van der Waals surface area contributed by atoms with Crippen molar-refractivity contribution in [2.24, 2.45) is 0 Å². The fraction of sp³-hybridized carbons (Fsp3) is 0.500. The molecule has 0 saturated heterocycles. The molecule has 0 bridgehead atoms. The second-order valence-corrected chi connectivity index (χ2v) is 2.46. The summed E-state index contributed by atoms with van der Waals surface area (Å²) in [7, 11) is -3.52. The third-order valence-corrected chi connectivity index (χ3v) is 0.806. The minimum Gasteiger partial charge on any atom is -0.622 e. The third kappa shape index (κ3) is 3.94. The fourth-order valence-corrected chi connectivity index (χ4v) is 0. The van der Waals surface area contributed by atoms with Gasteiger partial charge in [-0.3, -0.25) is 0 Å². The highest BCUT2D eigenvalue weighted by Gasteiger charge is 1.94. The monoisotopic (exact) mass is 107 g/mol. The summed E-state index contributed by atoms with van der Waals surface area (Å²) in [6, 6.07) is 0. The van der Waals surface area contributed by atoms with Crippen LogP contribution in [-0.2, 0) is 14.6 Å². The lowest BCUT2D eigenvalue weighted by molar-refractivity contribution is 0.490. The largest absolute Gasteiger partial charge is 0.622 e. The molecule has 0 heterocycles. The summed E-state index contributed by atoms with van der Waals surface area (Å²) in [6.07, 6.45) is 0. The molecule has 0 amide bonds. The highest BCUT2D eigenvalue weighted by atomic mass is 32.3. The van der Waals surface area contributed by atoms with Gasteiger partial charge in [0.1, 0.15) is 6.92 Å². The van der Waals surface area contributed by atoms with E-state index in [1.165, 1.54) is 0 Å². The van der Waals surface area contributed by atoms with Gasteiger partial charge >= 0.3 is 0 Å². The van der Waals surface area contributed by atoms with Gasteiger partial charge < -0.3 is 9.69 Å². The molecule has 3 nitrogen and oxygen atoms in total. The van der Waals surface area contributed by atoms with Crippen LogP contribution in [0.4, 0.5) is 0 Å². The molecule has 0 aliphatic rings. The molecule has 4 heteroatoms. The number of rotatable bonds is 1. The quantitative estimate of drug-likeness (QED) is 0.360. The van der Waals surface area contributed by atoms with Crippen molar-refractivity contribution in [2.45, 2.75) is 0 Å². The van der Waals surface area contributed by atoms with Crippen LogP contribution in [0.3, 0.4) is 0 Å². The van der Waals surface area contributed by atoms with Crippen LogP contribution < -0.4 is 0 Å². The molecule has 0 aromatic rings. The molecule has 0 saturated carbocycles. The molecule has 0 aliphatic heterocycles. The van der Waals surface area contributed by atoms with Crippen LogP contribution >= 0.6 is 0 Å². The van der Waals surface area contributed by atoms with Gasteiger partial charge in [-0.1, -0.05) is 0 Å². The fourth-order valence-electron chi connectivity index (χ4n) is 0. The van der Waals surface area contributed by atoms with Gasteiger partial charge in [0.2, 0.25) is 5.75 Å². The molecule has 0 aromatic carbocycles. The Balaban J connectivity index is 3.48. The normalized spacial score (nSPS) is 19.7. The zero-order valence-electron chi connectivity index (χ0n) is 3.14.